The van der Waals surface area contributed by atoms with E-state index in [0.717, 1.165) is 62.4 Å². The number of benzene rings is 3. The minimum absolute atomic E-state index is 0.0314. The van der Waals surface area contributed by atoms with Crippen molar-refractivity contribution in [2.24, 2.45) is 5.92 Å². The zero-order valence-electron chi connectivity index (χ0n) is 22.5. The number of nitrogens with one attached hydrogen (secondary N) is 1. The zero-order valence-corrected chi connectivity index (χ0v) is 22.5. The van der Waals surface area contributed by atoms with Crippen LogP contribution in [0.1, 0.15) is 66.6 Å². The molecule has 0 bridgehead atoms. The molecule has 0 radical (unpaired) electrons. The lowest BCUT2D eigenvalue weighted by molar-refractivity contribution is -0.137. The van der Waals surface area contributed by atoms with Crippen LogP contribution in [0, 0.1) is 5.92 Å². The second-order valence-electron chi connectivity index (χ2n) is 11.3. The number of piperazine rings is 1. The molecule has 6 nitrogen and oxygen atoms in total. The molecule has 0 spiro atoms. The lowest BCUT2D eigenvalue weighted by atomic mass is 9.87. The number of hydrogen-bond acceptors (Lipinski definition) is 4. The van der Waals surface area contributed by atoms with Crippen LogP contribution in [-0.4, -0.2) is 57.0 Å². The van der Waals surface area contributed by atoms with Crippen molar-refractivity contribution in [2.45, 2.75) is 50.6 Å². The molecule has 1 atom stereocenters. The smallest absolute Gasteiger partial charge is 0.304 e. The van der Waals surface area contributed by atoms with E-state index in [1.165, 1.54) is 29.5 Å². The van der Waals surface area contributed by atoms with Gasteiger partial charge in [0, 0.05) is 38.6 Å². The summed E-state index contributed by atoms with van der Waals surface area (Å²) in [5.41, 5.74) is 5.90. The second-order valence-corrected chi connectivity index (χ2v) is 11.3. The van der Waals surface area contributed by atoms with E-state index in [2.05, 4.69) is 93.6 Å². The molecule has 1 saturated heterocycles. The molecule has 0 amide bonds. The molecule has 4 aromatic rings. The summed E-state index contributed by atoms with van der Waals surface area (Å²) in [6.07, 6.45) is 4.73. The Kier molecular flexibility index (Phi) is 7.75. The van der Waals surface area contributed by atoms with Gasteiger partial charge in [-0.2, -0.15) is 0 Å². The lowest BCUT2D eigenvalue weighted by Crippen LogP contribution is -2.47. The monoisotopic (exact) mass is 522 g/mol. The molecule has 6 heteroatoms. The Labute approximate surface area is 230 Å². The second kappa shape index (κ2) is 11.7. The maximum Gasteiger partial charge on any atom is 0.304 e. The summed E-state index contributed by atoms with van der Waals surface area (Å²) in [4.78, 5) is 25.1. The Morgan fingerprint density at radius 1 is 0.897 bits per heavy atom. The molecule has 39 heavy (non-hydrogen) atoms. The summed E-state index contributed by atoms with van der Waals surface area (Å²) >= 11 is 0. The third-order valence-corrected chi connectivity index (χ3v) is 8.69. The molecule has 3 aromatic carbocycles. The van der Waals surface area contributed by atoms with Gasteiger partial charge >= 0.3 is 5.97 Å². The molecule has 1 unspecified atom stereocenters. The maximum absolute atomic E-state index is 11.6. The van der Waals surface area contributed by atoms with Gasteiger partial charge in [0.05, 0.1) is 23.5 Å². The summed E-state index contributed by atoms with van der Waals surface area (Å²) < 4.78 is 0. The largest absolute Gasteiger partial charge is 0.481 e. The Balaban J connectivity index is 1.14. The predicted molar refractivity (Wildman–Crippen MR) is 155 cm³/mol. The van der Waals surface area contributed by atoms with Gasteiger partial charge < -0.3 is 10.1 Å². The van der Waals surface area contributed by atoms with Gasteiger partial charge in [-0.3, -0.25) is 14.6 Å². The summed E-state index contributed by atoms with van der Waals surface area (Å²) in [6, 6.07) is 28.4. The number of aromatic nitrogens is 2. The Hall–Kier alpha value is -3.48. The van der Waals surface area contributed by atoms with Crippen LogP contribution >= 0.6 is 0 Å². The first-order valence-electron chi connectivity index (χ1n) is 14.4. The van der Waals surface area contributed by atoms with Gasteiger partial charge in [-0.05, 0) is 47.6 Å². The number of imidazole rings is 1. The number of hydrogen-bond donors (Lipinski definition) is 2. The summed E-state index contributed by atoms with van der Waals surface area (Å²) in [7, 11) is 0. The zero-order chi connectivity index (χ0) is 26.6. The standard InChI is InChI=1S/C33H38N4O2/c38-31(39)22-28(25-9-7-8-10-25)33-34-29-16-15-24(21-30(29)35-33)23-36-17-19-37(20-18-36)32(26-11-3-1-4-12-26)27-13-5-2-6-14-27/h1-6,11-16,21,25,28,32H,7-10,17-20,22-23H2,(H,34,35)(H,38,39). The van der Waals surface area contributed by atoms with Crippen molar-refractivity contribution >= 4 is 17.0 Å². The van der Waals surface area contributed by atoms with Crippen LogP contribution in [0.25, 0.3) is 11.0 Å². The highest BCUT2D eigenvalue weighted by Gasteiger charge is 2.31. The molecule has 2 fully saturated rings. The number of aromatic amines is 1. The molecule has 1 saturated carbocycles. The number of nitrogens with zero attached hydrogens (tertiary/aromatic N) is 3. The molecule has 6 rings (SSSR count). The van der Waals surface area contributed by atoms with Gasteiger partial charge in [0.1, 0.15) is 5.82 Å². The lowest BCUT2D eigenvalue weighted by Gasteiger charge is -2.39. The van der Waals surface area contributed by atoms with Crippen LogP contribution in [0.3, 0.4) is 0 Å². The fourth-order valence-electron chi connectivity index (χ4n) is 6.71. The van der Waals surface area contributed by atoms with Crippen LogP contribution in [-0.2, 0) is 11.3 Å². The minimum atomic E-state index is -0.742. The number of H-pyrrole nitrogens is 1. The average molecular weight is 523 g/mol. The van der Waals surface area contributed by atoms with E-state index >= 15 is 0 Å². The fraction of sp³-hybridized carbons (Fsp3) is 0.394. The van der Waals surface area contributed by atoms with Gasteiger partial charge in [-0.25, -0.2) is 4.98 Å². The van der Waals surface area contributed by atoms with Gasteiger partial charge in [0.25, 0.3) is 0 Å². The molecule has 2 aliphatic rings. The summed E-state index contributed by atoms with van der Waals surface area (Å²) in [6.45, 7) is 4.97. The molecule has 2 N–H and O–H groups in total. The highest BCUT2D eigenvalue weighted by Crippen LogP contribution is 2.39. The van der Waals surface area contributed by atoms with Crippen LogP contribution in [0.15, 0.2) is 78.9 Å². The van der Waals surface area contributed by atoms with Crippen molar-refractivity contribution in [3.8, 4) is 0 Å². The molecule has 202 valence electrons. The quantitative estimate of drug-likeness (QED) is 0.273. The third-order valence-electron chi connectivity index (χ3n) is 8.69. The number of rotatable bonds is 9. The molecule has 1 aliphatic heterocycles. The number of carboxylic acids is 1. The number of carbonyl (C=O) groups is 1. The first-order valence-corrected chi connectivity index (χ1v) is 14.4. The van der Waals surface area contributed by atoms with E-state index in [9.17, 15) is 9.90 Å². The van der Waals surface area contributed by atoms with Gasteiger partial charge in [0.15, 0.2) is 0 Å². The van der Waals surface area contributed by atoms with Gasteiger partial charge in [-0.1, -0.05) is 79.6 Å². The van der Waals surface area contributed by atoms with Crippen LogP contribution in [0.4, 0.5) is 0 Å². The number of carboxylic acid groups (broad SMARTS) is 1. The van der Waals surface area contributed by atoms with E-state index in [0.29, 0.717) is 5.92 Å². The van der Waals surface area contributed by atoms with E-state index in [4.69, 9.17) is 4.98 Å². The molecule has 2 heterocycles. The highest BCUT2D eigenvalue weighted by molar-refractivity contribution is 5.76. The first kappa shape index (κ1) is 25.8. The highest BCUT2D eigenvalue weighted by atomic mass is 16.4. The average Bonchev–Trinajstić information content (AvgIpc) is 3.64. The molecule has 1 aliphatic carbocycles. The molecule has 1 aromatic heterocycles. The van der Waals surface area contributed by atoms with E-state index < -0.39 is 5.97 Å². The van der Waals surface area contributed by atoms with Gasteiger partial charge in [-0.15, -0.1) is 0 Å². The summed E-state index contributed by atoms with van der Waals surface area (Å²) in [5.74, 6) is 0.482. The van der Waals surface area contributed by atoms with Crippen LogP contribution in [0.5, 0.6) is 0 Å². The van der Waals surface area contributed by atoms with Crippen molar-refractivity contribution < 1.29 is 9.90 Å². The molecular formula is C33H38N4O2. The van der Waals surface area contributed by atoms with Crippen LogP contribution < -0.4 is 0 Å². The van der Waals surface area contributed by atoms with Crippen molar-refractivity contribution in [3.05, 3.63) is 101 Å². The van der Waals surface area contributed by atoms with E-state index in [1.807, 2.05) is 0 Å². The van der Waals surface area contributed by atoms with Crippen LogP contribution in [0.2, 0.25) is 0 Å². The van der Waals surface area contributed by atoms with Crippen molar-refractivity contribution in [3.63, 3.8) is 0 Å². The third kappa shape index (κ3) is 5.92. The topological polar surface area (TPSA) is 72.5 Å². The summed E-state index contributed by atoms with van der Waals surface area (Å²) in [5, 5.41) is 9.54. The van der Waals surface area contributed by atoms with E-state index in [1.54, 1.807) is 0 Å². The van der Waals surface area contributed by atoms with E-state index in [-0.39, 0.29) is 18.4 Å². The SMILES string of the molecule is O=C(O)CC(c1nc2ccc(CN3CCN(C(c4ccccc4)c4ccccc4)CC3)cc2[nH]1)C1CCCC1. The number of aliphatic carboxylic acids is 1. The van der Waals surface area contributed by atoms with Gasteiger partial charge in [0.2, 0.25) is 0 Å². The van der Waals surface area contributed by atoms with Crippen molar-refractivity contribution in [1.29, 1.82) is 0 Å². The first-order chi connectivity index (χ1) is 19.1. The minimum Gasteiger partial charge on any atom is -0.481 e. The fourth-order valence-corrected chi connectivity index (χ4v) is 6.71. The Morgan fingerprint density at radius 3 is 2.15 bits per heavy atom. The maximum atomic E-state index is 11.6. The van der Waals surface area contributed by atoms with Crippen molar-refractivity contribution in [2.75, 3.05) is 26.2 Å². The number of fused-ring (bicyclic) bond motifs is 1. The van der Waals surface area contributed by atoms with Crippen molar-refractivity contribution in [1.82, 2.24) is 19.8 Å². The molecular weight excluding hydrogens is 484 g/mol. The Morgan fingerprint density at radius 2 is 1.54 bits per heavy atom. The predicted octanol–water partition coefficient (Wildman–Crippen LogP) is 6.22. The Bertz CT molecular complexity index is 1330. The normalized spacial score (nSPS) is 18.2.